The van der Waals surface area contributed by atoms with Gasteiger partial charge in [-0.2, -0.15) is 0 Å². The first kappa shape index (κ1) is 18.0. The lowest BCUT2D eigenvalue weighted by Crippen LogP contribution is -2.50. The summed E-state index contributed by atoms with van der Waals surface area (Å²) in [5.41, 5.74) is 1.07. The van der Waals surface area contributed by atoms with Gasteiger partial charge in [0.05, 0.1) is 17.0 Å². The zero-order valence-electron chi connectivity index (χ0n) is 15.6. The molecule has 1 aliphatic heterocycles. The predicted octanol–water partition coefficient (Wildman–Crippen LogP) is 2.84. The van der Waals surface area contributed by atoms with Crippen LogP contribution >= 0.6 is 11.3 Å². The van der Waals surface area contributed by atoms with Gasteiger partial charge in [0.25, 0.3) is 5.91 Å². The Labute approximate surface area is 159 Å². The standard InChI is InChI=1S/C20H28N2O3S/c1-12-5-6-26-19(12)20(24)22-9-15-7-17(21-13(2)23)18(8-16(15)10-22)25-11-14-3-4-14/h5-6,14-18H,3-4,7-11H2,1-2H3,(H,21,23)/t15-,16+,17-,18-/m1/s1. The van der Waals surface area contributed by atoms with E-state index in [4.69, 9.17) is 4.74 Å². The summed E-state index contributed by atoms with van der Waals surface area (Å²) in [7, 11) is 0. The van der Waals surface area contributed by atoms with Gasteiger partial charge in [-0.15, -0.1) is 11.3 Å². The molecule has 4 rings (SSSR count). The average molecular weight is 377 g/mol. The van der Waals surface area contributed by atoms with Crippen LogP contribution in [0.3, 0.4) is 0 Å². The van der Waals surface area contributed by atoms with E-state index in [2.05, 4.69) is 5.32 Å². The summed E-state index contributed by atoms with van der Waals surface area (Å²) in [6.07, 6.45) is 4.47. The van der Waals surface area contributed by atoms with Gasteiger partial charge in [0.15, 0.2) is 0 Å². The van der Waals surface area contributed by atoms with E-state index in [1.807, 2.05) is 23.3 Å². The van der Waals surface area contributed by atoms with Crippen LogP contribution in [0.15, 0.2) is 11.4 Å². The van der Waals surface area contributed by atoms with E-state index < -0.39 is 0 Å². The van der Waals surface area contributed by atoms with Gasteiger partial charge in [-0.1, -0.05) is 0 Å². The van der Waals surface area contributed by atoms with E-state index in [1.165, 1.54) is 24.2 Å². The zero-order valence-corrected chi connectivity index (χ0v) is 16.4. The molecule has 5 nitrogen and oxygen atoms in total. The maximum atomic E-state index is 12.9. The average Bonchev–Trinajstić information content (AvgIpc) is 3.18. The quantitative estimate of drug-likeness (QED) is 0.860. The van der Waals surface area contributed by atoms with Gasteiger partial charge >= 0.3 is 0 Å². The smallest absolute Gasteiger partial charge is 0.264 e. The van der Waals surface area contributed by atoms with Crippen LogP contribution in [0, 0.1) is 24.7 Å². The molecular formula is C20H28N2O3S. The Bertz CT molecular complexity index is 684. The SMILES string of the molecule is CC(=O)N[C@@H]1C[C@@H]2CN(C(=O)c3sccc3C)C[C@@H]2C[C@H]1OCC1CC1. The molecule has 3 fully saturated rings. The van der Waals surface area contributed by atoms with Crippen LogP contribution in [-0.2, 0) is 9.53 Å². The molecule has 0 unspecified atom stereocenters. The van der Waals surface area contributed by atoms with Crippen LogP contribution in [0.25, 0.3) is 0 Å². The lowest BCUT2D eigenvalue weighted by atomic mass is 9.77. The first-order chi connectivity index (χ1) is 12.5. The fraction of sp³-hybridized carbons (Fsp3) is 0.700. The number of carbonyl (C=O) groups excluding carboxylic acids is 2. The van der Waals surface area contributed by atoms with Crippen molar-refractivity contribution in [2.75, 3.05) is 19.7 Å². The number of nitrogens with zero attached hydrogens (tertiary/aromatic N) is 1. The summed E-state index contributed by atoms with van der Waals surface area (Å²) < 4.78 is 6.20. The van der Waals surface area contributed by atoms with Gasteiger partial charge in [0.2, 0.25) is 5.91 Å². The van der Waals surface area contributed by atoms with Gasteiger partial charge in [0.1, 0.15) is 0 Å². The molecule has 0 radical (unpaired) electrons. The first-order valence-corrected chi connectivity index (χ1v) is 10.6. The number of thiophene rings is 1. The molecule has 2 saturated carbocycles. The van der Waals surface area contributed by atoms with Gasteiger partial charge in [0, 0.05) is 26.6 Å². The monoisotopic (exact) mass is 376 g/mol. The number of likely N-dealkylation sites (tertiary alicyclic amines) is 1. The zero-order chi connectivity index (χ0) is 18.3. The third-order valence-electron chi connectivity index (χ3n) is 6.09. The van der Waals surface area contributed by atoms with Crippen molar-refractivity contribution in [3.05, 3.63) is 21.9 Å². The van der Waals surface area contributed by atoms with Crippen molar-refractivity contribution >= 4 is 23.2 Å². The Balaban J connectivity index is 1.42. The van der Waals surface area contributed by atoms with Crippen LogP contribution in [0.4, 0.5) is 0 Å². The second-order valence-corrected chi connectivity index (χ2v) is 9.17. The lowest BCUT2D eigenvalue weighted by molar-refractivity contribution is -0.122. The fourth-order valence-corrected chi connectivity index (χ4v) is 5.35. The molecule has 1 saturated heterocycles. The van der Waals surface area contributed by atoms with E-state index in [0.29, 0.717) is 17.8 Å². The van der Waals surface area contributed by atoms with Crippen molar-refractivity contribution < 1.29 is 14.3 Å². The number of hydrogen-bond donors (Lipinski definition) is 1. The van der Waals surface area contributed by atoms with E-state index >= 15 is 0 Å². The first-order valence-electron chi connectivity index (χ1n) is 9.73. The Kier molecular flexibility index (Phi) is 5.06. The van der Waals surface area contributed by atoms with E-state index in [-0.39, 0.29) is 24.0 Å². The molecule has 2 aliphatic carbocycles. The van der Waals surface area contributed by atoms with E-state index in [1.54, 1.807) is 6.92 Å². The number of rotatable bonds is 5. The van der Waals surface area contributed by atoms with Crippen molar-refractivity contribution in [2.45, 2.75) is 51.7 Å². The second kappa shape index (κ2) is 7.31. The summed E-state index contributed by atoms with van der Waals surface area (Å²) in [5.74, 6) is 1.83. The number of carbonyl (C=O) groups is 2. The van der Waals surface area contributed by atoms with E-state index in [9.17, 15) is 9.59 Å². The number of ether oxygens (including phenoxy) is 1. The number of fused-ring (bicyclic) bond motifs is 1. The predicted molar refractivity (Wildman–Crippen MR) is 101 cm³/mol. The van der Waals surface area contributed by atoms with Crippen molar-refractivity contribution in [2.24, 2.45) is 17.8 Å². The topological polar surface area (TPSA) is 58.6 Å². The highest BCUT2D eigenvalue weighted by Crippen LogP contribution is 2.39. The van der Waals surface area contributed by atoms with Crippen LogP contribution in [0.2, 0.25) is 0 Å². The minimum absolute atomic E-state index is 0.00797. The molecule has 4 atom stereocenters. The van der Waals surface area contributed by atoms with Gasteiger partial charge < -0.3 is 15.0 Å². The molecule has 1 aromatic rings. The van der Waals surface area contributed by atoms with Crippen molar-refractivity contribution in [3.63, 3.8) is 0 Å². The molecule has 0 bridgehead atoms. The van der Waals surface area contributed by atoms with Gasteiger partial charge in [-0.3, -0.25) is 9.59 Å². The van der Waals surface area contributed by atoms with Gasteiger partial charge in [-0.25, -0.2) is 0 Å². The fourth-order valence-electron chi connectivity index (χ4n) is 4.46. The Hall–Kier alpha value is -1.40. The van der Waals surface area contributed by atoms with Crippen molar-refractivity contribution in [1.82, 2.24) is 10.2 Å². The number of nitrogens with one attached hydrogen (secondary N) is 1. The summed E-state index contributed by atoms with van der Waals surface area (Å²) in [6, 6.07) is 2.08. The highest BCUT2D eigenvalue weighted by Gasteiger charge is 2.44. The van der Waals surface area contributed by atoms with Gasteiger partial charge in [-0.05, 0) is 67.4 Å². The molecule has 6 heteroatoms. The van der Waals surface area contributed by atoms with E-state index in [0.717, 1.165) is 43.0 Å². The molecule has 26 heavy (non-hydrogen) atoms. The number of hydrogen-bond acceptors (Lipinski definition) is 4. The second-order valence-electron chi connectivity index (χ2n) is 8.26. The van der Waals surface area contributed by atoms with Crippen LogP contribution in [-0.4, -0.2) is 48.6 Å². The third kappa shape index (κ3) is 3.81. The molecule has 2 amide bonds. The minimum Gasteiger partial charge on any atom is -0.376 e. The summed E-state index contributed by atoms with van der Waals surface area (Å²) >= 11 is 1.53. The maximum absolute atomic E-state index is 12.9. The van der Waals surface area contributed by atoms with Crippen LogP contribution in [0.1, 0.15) is 47.8 Å². The lowest BCUT2D eigenvalue weighted by Gasteiger charge is -2.38. The normalized spacial score (nSPS) is 30.9. The highest BCUT2D eigenvalue weighted by atomic mass is 32.1. The Morgan fingerprint density at radius 3 is 2.62 bits per heavy atom. The van der Waals surface area contributed by atoms with Crippen molar-refractivity contribution in [1.29, 1.82) is 0 Å². The molecule has 0 aromatic carbocycles. The summed E-state index contributed by atoms with van der Waals surface area (Å²) in [6.45, 7) is 6.01. The minimum atomic E-state index is 0.00797. The maximum Gasteiger partial charge on any atom is 0.264 e. The molecule has 2 heterocycles. The van der Waals surface area contributed by atoms with Crippen LogP contribution < -0.4 is 5.32 Å². The number of aryl methyl sites for hydroxylation is 1. The summed E-state index contributed by atoms with van der Waals surface area (Å²) in [4.78, 5) is 27.4. The summed E-state index contributed by atoms with van der Waals surface area (Å²) in [5, 5.41) is 5.09. The molecule has 1 N–H and O–H groups in total. The largest absolute Gasteiger partial charge is 0.376 e. The molecule has 0 spiro atoms. The Morgan fingerprint density at radius 2 is 2.00 bits per heavy atom. The molecule has 142 valence electrons. The third-order valence-corrected chi connectivity index (χ3v) is 7.10. The highest BCUT2D eigenvalue weighted by molar-refractivity contribution is 7.12. The molecular weight excluding hydrogens is 348 g/mol. The number of amides is 2. The molecule has 3 aliphatic rings. The van der Waals surface area contributed by atoms with Crippen LogP contribution in [0.5, 0.6) is 0 Å². The van der Waals surface area contributed by atoms with Crippen molar-refractivity contribution in [3.8, 4) is 0 Å². The Morgan fingerprint density at radius 1 is 1.27 bits per heavy atom. The molecule has 1 aromatic heterocycles.